The number of aromatic nitrogens is 8. The maximum absolute atomic E-state index is 11.4. The van der Waals surface area contributed by atoms with Crippen molar-refractivity contribution in [3.05, 3.63) is 145 Å². The van der Waals surface area contributed by atoms with Gasteiger partial charge in [0.2, 0.25) is 0 Å². The summed E-state index contributed by atoms with van der Waals surface area (Å²) in [4.78, 5) is 64.0. The molecule has 0 unspecified atom stereocenters. The van der Waals surface area contributed by atoms with Gasteiger partial charge in [0.15, 0.2) is 49.6 Å². The highest BCUT2D eigenvalue weighted by Gasteiger charge is 2.23. The third-order valence-electron chi connectivity index (χ3n) is 13.6. The maximum Gasteiger partial charge on any atom is 0.303 e. The van der Waals surface area contributed by atoms with Gasteiger partial charge in [-0.3, -0.25) is 19.2 Å². The molecule has 0 amide bonds. The van der Waals surface area contributed by atoms with E-state index in [4.69, 9.17) is 9.97 Å². The van der Waals surface area contributed by atoms with E-state index in [1.54, 1.807) is 0 Å². The fourth-order valence-corrected chi connectivity index (χ4v) is 9.94. The second-order valence-electron chi connectivity index (χ2n) is 19.2. The quantitative estimate of drug-likeness (QED) is 0.0248. The number of nitrogens with one attached hydrogen (secondary N) is 2. The first-order chi connectivity index (χ1) is 36.9. The molecule has 0 saturated carbocycles. The van der Waals surface area contributed by atoms with E-state index in [2.05, 4.69) is 102 Å². The van der Waals surface area contributed by atoms with E-state index in [0.29, 0.717) is 77.5 Å². The van der Waals surface area contributed by atoms with Crippen LogP contribution < -0.4 is 18.3 Å². The normalized spacial score (nSPS) is 11.8. The van der Waals surface area contributed by atoms with E-state index in [9.17, 15) is 39.6 Å². The molecular formula is C60H62N8O8+4. The second kappa shape index (κ2) is 24.4. The summed E-state index contributed by atoms with van der Waals surface area (Å²) in [7, 11) is 0. The SMILES string of the molecule is O=C(O)CCCC[n+]1cccc(-c2c3nc(c(-c4ccc[n+](CCCCC(=O)O)c4)c4ccc([nH]4)c(-c4ccc[n+](CCCCC(=O)O)c4)c4nc(c(-c5ccc[n+](CCCCC(=O)O)c5)c5ccc2[nH]5)C=C4)C=C3)c1. The van der Waals surface area contributed by atoms with Crippen LogP contribution in [0, 0.1) is 0 Å². The Bertz CT molecular complexity index is 3110. The van der Waals surface area contributed by atoms with Gasteiger partial charge in [-0.25, -0.2) is 28.2 Å². The van der Waals surface area contributed by atoms with Crippen LogP contribution in [0.4, 0.5) is 0 Å². The number of carboxylic acid groups (broad SMARTS) is 4. The molecule has 2 aliphatic heterocycles. The molecule has 7 aromatic rings. The van der Waals surface area contributed by atoms with Crippen molar-refractivity contribution in [2.75, 3.05) is 0 Å². The molecule has 16 heteroatoms. The summed E-state index contributed by atoms with van der Waals surface area (Å²) in [6.07, 6.45) is 29.8. The lowest BCUT2D eigenvalue weighted by atomic mass is 10.1. The van der Waals surface area contributed by atoms with Crippen molar-refractivity contribution in [3.8, 4) is 44.5 Å². The Balaban J connectivity index is 1.31. The number of pyridine rings is 4. The van der Waals surface area contributed by atoms with Crippen molar-refractivity contribution < 1.29 is 57.9 Å². The summed E-state index contributed by atoms with van der Waals surface area (Å²) >= 11 is 0. The molecule has 6 N–H and O–H groups in total. The van der Waals surface area contributed by atoms with E-state index in [-0.39, 0.29) is 25.7 Å². The maximum atomic E-state index is 11.4. The number of rotatable bonds is 24. The summed E-state index contributed by atoms with van der Waals surface area (Å²) in [5.74, 6) is -3.26. The lowest BCUT2D eigenvalue weighted by molar-refractivity contribution is -0.697. The van der Waals surface area contributed by atoms with Crippen LogP contribution in [-0.4, -0.2) is 64.2 Å². The highest BCUT2D eigenvalue weighted by molar-refractivity contribution is 5.99. The molecule has 0 saturated heterocycles. The van der Waals surface area contributed by atoms with Crippen LogP contribution in [0.2, 0.25) is 0 Å². The highest BCUT2D eigenvalue weighted by Crippen LogP contribution is 2.38. The molecule has 76 heavy (non-hydrogen) atoms. The van der Waals surface area contributed by atoms with Crippen LogP contribution in [0.3, 0.4) is 0 Å². The molecule has 0 aromatic carbocycles. The van der Waals surface area contributed by atoms with E-state index in [1.807, 2.05) is 73.4 Å². The van der Waals surface area contributed by atoms with Gasteiger partial charge in [-0.05, 0) is 98.5 Å². The number of fused-ring (bicyclic) bond motifs is 8. The fourth-order valence-electron chi connectivity index (χ4n) is 9.94. The Morgan fingerprint density at radius 1 is 0.355 bits per heavy atom. The van der Waals surface area contributed by atoms with Gasteiger partial charge in [0.1, 0.15) is 26.2 Å². The van der Waals surface area contributed by atoms with Crippen molar-refractivity contribution >= 4 is 70.2 Å². The van der Waals surface area contributed by atoms with Crippen LogP contribution in [0.15, 0.2) is 122 Å². The summed E-state index contributed by atoms with van der Waals surface area (Å²) < 4.78 is 8.34. The van der Waals surface area contributed by atoms with Crippen molar-refractivity contribution in [3.63, 3.8) is 0 Å². The van der Waals surface area contributed by atoms with Gasteiger partial charge in [0.05, 0.1) is 22.8 Å². The summed E-state index contributed by atoms with van der Waals surface area (Å²) in [6, 6.07) is 24.5. The molecular weight excluding hydrogens is 961 g/mol. The monoisotopic (exact) mass is 1020 g/mol. The first-order valence-electron chi connectivity index (χ1n) is 26.0. The molecule has 16 nitrogen and oxygen atoms in total. The van der Waals surface area contributed by atoms with Crippen molar-refractivity contribution in [1.82, 2.24) is 19.9 Å². The zero-order valence-corrected chi connectivity index (χ0v) is 42.3. The number of aliphatic carboxylic acids is 4. The van der Waals surface area contributed by atoms with Crippen LogP contribution in [0.25, 0.3) is 90.9 Å². The third-order valence-corrected chi connectivity index (χ3v) is 13.6. The number of H-pyrrole nitrogens is 2. The minimum atomic E-state index is -0.815. The Morgan fingerprint density at radius 3 is 0.816 bits per heavy atom. The summed E-state index contributed by atoms with van der Waals surface area (Å²) in [5, 5.41) is 37.3. The molecule has 8 bridgehead atoms. The van der Waals surface area contributed by atoms with Gasteiger partial charge in [0.25, 0.3) is 0 Å². The molecule has 9 rings (SSSR count). The van der Waals surface area contributed by atoms with Crippen LogP contribution in [0.5, 0.6) is 0 Å². The number of unbranched alkanes of at least 4 members (excludes halogenated alkanes) is 4. The fraction of sp³-hybridized carbons (Fsp3) is 0.267. The number of aryl methyl sites for hydroxylation is 4. The number of carbonyl (C=O) groups is 4. The van der Waals surface area contributed by atoms with Crippen molar-refractivity contribution in [1.29, 1.82) is 0 Å². The zero-order valence-electron chi connectivity index (χ0n) is 42.3. The minimum Gasteiger partial charge on any atom is -0.481 e. The average molecular weight is 1020 g/mol. The van der Waals surface area contributed by atoms with Crippen LogP contribution in [-0.2, 0) is 45.4 Å². The molecule has 0 fully saturated rings. The van der Waals surface area contributed by atoms with E-state index in [0.717, 1.165) is 89.4 Å². The van der Waals surface area contributed by atoms with Crippen LogP contribution >= 0.6 is 0 Å². The largest absolute Gasteiger partial charge is 0.481 e. The predicted molar refractivity (Wildman–Crippen MR) is 287 cm³/mol. The zero-order chi connectivity index (χ0) is 53.0. The molecule has 0 atom stereocenters. The molecule has 0 aliphatic carbocycles. The predicted octanol–water partition coefficient (Wildman–Crippen LogP) is 9.49. The molecule has 7 aromatic heterocycles. The Morgan fingerprint density at radius 2 is 0.592 bits per heavy atom. The van der Waals surface area contributed by atoms with Crippen LogP contribution in [0.1, 0.15) is 99.8 Å². The Kier molecular flexibility index (Phi) is 16.7. The summed E-state index contributed by atoms with van der Waals surface area (Å²) in [6.45, 7) is 2.51. The number of nitrogens with zero attached hydrogens (tertiary/aromatic N) is 6. The molecule has 2 aliphatic rings. The topological polar surface area (TPSA) is 222 Å². The summed E-state index contributed by atoms with van der Waals surface area (Å²) in [5.41, 5.74) is 13.1. The lowest BCUT2D eigenvalue weighted by Crippen LogP contribution is -2.32. The van der Waals surface area contributed by atoms with Gasteiger partial charge < -0.3 is 30.4 Å². The van der Waals surface area contributed by atoms with E-state index in [1.165, 1.54) is 0 Å². The number of carboxylic acids is 4. The van der Waals surface area contributed by atoms with Gasteiger partial charge in [0, 0.05) is 142 Å². The molecule has 9 heterocycles. The van der Waals surface area contributed by atoms with Gasteiger partial charge in [-0.15, -0.1) is 0 Å². The Labute approximate surface area is 439 Å². The second-order valence-corrected chi connectivity index (χ2v) is 19.2. The number of hydrogen-bond acceptors (Lipinski definition) is 6. The number of aromatic amines is 2. The molecule has 386 valence electrons. The molecule has 0 radical (unpaired) electrons. The standard InChI is InChI=1S/C60H58N8O8/c69-53(70)17-1-5-29-65-33-9-13-41(37-65)57-45-21-23-47(61-45)58(42-14-10-34-66(38-42)30-6-2-18-54(71)72)49-25-27-51(63-49)60(44-16-12-36-68(40-44)32-8-4-20-56(75)76)52-28-26-50(64-52)59(48-24-22-46(57)62-48)43-15-11-35-67(39-43)31-7-3-19-55(73)74/h9-16,21-28,33-40H,1-8,17-20,29-32H2,(H2-4,61,62,63,64,69,70,71,72,73,74,75,76)/p+4. The van der Waals surface area contributed by atoms with E-state index >= 15 is 0 Å². The lowest BCUT2D eigenvalue weighted by Gasteiger charge is -2.07. The average Bonchev–Trinajstić information content (AvgIpc) is 4.30. The van der Waals surface area contributed by atoms with Gasteiger partial charge in [-0.1, -0.05) is 0 Å². The van der Waals surface area contributed by atoms with Crippen molar-refractivity contribution in [2.24, 2.45) is 0 Å². The number of hydrogen-bond donors (Lipinski definition) is 6. The highest BCUT2D eigenvalue weighted by atomic mass is 16.4. The van der Waals surface area contributed by atoms with Gasteiger partial charge >= 0.3 is 23.9 Å². The first kappa shape index (κ1) is 52.0. The first-order valence-corrected chi connectivity index (χ1v) is 26.0. The van der Waals surface area contributed by atoms with E-state index < -0.39 is 23.9 Å². The third kappa shape index (κ3) is 13.1. The van der Waals surface area contributed by atoms with Gasteiger partial charge in [-0.2, -0.15) is 0 Å². The Hall–Kier alpha value is -8.92. The molecule has 0 spiro atoms. The smallest absolute Gasteiger partial charge is 0.303 e. The van der Waals surface area contributed by atoms with Crippen molar-refractivity contribution in [2.45, 2.75) is 103 Å². The minimum absolute atomic E-state index is 0.101.